The second kappa shape index (κ2) is 4.84. The van der Waals surface area contributed by atoms with Gasteiger partial charge in [0, 0.05) is 12.3 Å². The maximum absolute atomic E-state index is 12.7. The zero-order valence-electron chi connectivity index (χ0n) is 12.6. The van der Waals surface area contributed by atoms with Crippen LogP contribution < -0.4 is 0 Å². The van der Waals surface area contributed by atoms with Gasteiger partial charge >= 0.3 is 0 Å². The van der Waals surface area contributed by atoms with Gasteiger partial charge in [-0.05, 0) is 30.7 Å². The molecule has 1 aromatic carbocycles. The van der Waals surface area contributed by atoms with Crippen molar-refractivity contribution in [3.05, 3.63) is 35.9 Å². The highest BCUT2D eigenvalue weighted by molar-refractivity contribution is 5.79. The molecular formula is C18H23NO2. The Balaban J connectivity index is 1.74. The highest BCUT2D eigenvalue weighted by atomic mass is 16.5. The van der Waals surface area contributed by atoms with Crippen LogP contribution in [0.1, 0.15) is 50.6 Å². The standard InChI is InChI=1S/C18H23NO2/c1-13-6-5-11-18-15(13)9-10-17(20)19(18)16(12-21-18)14-7-3-2-4-8-14/h2-4,7-8,13,15-16H,5-6,9-12H2,1H3/t13-,15-,16-,18-/m1/s1. The zero-order valence-corrected chi connectivity index (χ0v) is 12.6. The molecule has 21 heavy (non-hydrogen) atoms. The number of piperidine rings is 1. The van der Waals surface area contributed by atoms with Crippen LogP contribution in [0.5, 0.6) is 0 Å². The van der Waals surface area contributed by atoms with Crippen LogP contribution >= 0.6 is 0 Å². The van der Waals surface area contributed by atoms with Crippen LogP contribution in [0, 0.1) is 11.8 Å². The van der Waals surface area contributed by atoms with Crippen LogP contribution in [0.3, 0.4) is 0 Å². The monoisotopic (exact) mass is 285 g/mol. The Bertz CT molecular complexity index is 543. The number of ether oxygens (including phenoxy) is 1. The highest BCUT2D eigenvalue weighted by Crippen LogP contribution is 2.54. The summed E-state index contributed by atoms with van der Waals surface area (Å²) in [6.45, 7) is 2.98. The number of nitrogens with zero attached hydrogens (tertiary/aromatic N) is 1. The van der Waals surface area contributed by atoms with Crippen molar-refractivity contribution < 1.29 is 9.53 Å². The van der Waals surface area contributed by atoms with E-state index < -0.39 is 0 Å². The van der Waals surface area contributed by atoms with E-state index in [1.807, 2.05) is 6.07 Å². The first-order valence-corrected chi connectivity index (χ1v) is 8.23. The Morgan fingerprint density at radius 1 is 1.24 bits per heavy atom. The molecule has 1 amide bonds. The lowest BCUT2D eigenvalue weighted by Crippen LogP contribution is -2.60. The van der Waals surface area contributed by atoms with Crippen LogP contribution in [0.25, 0.3) is 0 Å². The molecule has 4 atom stereocenters. The number of hydrogen-bond donors (Lipinski definition) is 0. The van der Waals surface area contributed by atoms with Gasteiger partial charge in [0.05, 0.1) is 12.6 Å². The number of amides is 1. The summed E-state index contributed by atoms with van der Waals surface area (Å²) in [5.74, 6) is 1.45. The van der Waals surface area contributed by atoms with Crippen molar-refractivity contribution in [2.45, 2.75) is 50.8 Å². The summed E-state index contributed by atoms with van der Waals surface area (Å²) in [6, 6.07) is 10.5. The van der Waals surface area contributed by atoms with Crippen LogP contribution in [-0.2, 0) is 9.53 Å². The minimum absolute atomic E-state index is 0.104. The minimum atomic E-state index is -0.312. The van der Waals surface area contributed by atoms with Gasteiger partial charge in [0.25, 0.3) is 0 Å². The molecule has 2 aliphatic heterocycles. The topological polar surface area (TPSA) is 29.5 Å². The van der Waals surface area contributed by atoms with Crippen LogP contribution in [0.15, 0.2) is 30.3 Å². The fourth-order valence-corrected chi connectivity index (χ4v) is 4.83. The van der Waals surface area contributed by atoms with Gasteiger partial charge in [0.15, 0.2) is 0 Å². The van der Waals surface area contributed by atoms with Gasteiger partial charge in [-0.25, -0.2) is 0 Å². The SMILES string of the molecule is C[C@@H]1CCC[C@]23OC[C@H](c4ccccc4)N2C(=O)CC[C@H]13. The summed E-state index contributed by atoms with van der Waals surface area (Å²) in [4.78, 5) is 14.8. The molecule has 0 bridgehead atoms. The van der Waals surface area contributed by atoms with E-state index in [1.165, 1.54) is 18.4 Å². The predicted octanol–water partition coefficient (Wildman–Crippen LogP) is 3.51. The Morgan fingerprint density at radius 3 is 2.86 bits per heavy atom. The molecule has 4 rings (SSSR count). The molecule has 2 saturated heterocycles. The minimum Gasteiger partial charge on any atom is -0.353 e. The van der Waals surface area contributed by atoms with Crippen molar-refractivity contribution in [2.24, 2.45) is 11.8 Å². The first kappa shape index (κ1) is 13.3. The molecule has 1 aliphatic carbocycles. The van der Waals surface area contributed by atoms with Crippen molar-refractivity contribution in [1.29, 1.82) is 0 Å². The Hall–Kier alpha value is -1.35. The fraction of sp³-hybridized carbons (Fsp3) is 0.611. The maximum Gasteiger partial charge on any atom is 0.225 e. The first-order chi connectivity index (χ1) is 10.2. The van der Waals surface area contributed by atoms with Gasteiger partial charge in [-0.15, -0.1) is 0 Å². The smallest absolute Gasteiger partial charge is 0.225 e. The van der Waals surface area contributed by atoms with Crippen LogP contribution in [-0.4, -0.2) is 23.1 Å². The fourth-order valence-electron chi connectivity index (χ4n) is 4.83. The highest BCUT2D eigenvalue weighted by Gasteiger charge is 2.59. The molecule has 0 aromatic heterocycles. The molecule has 3 nitrogen and oxygen atoms in total. The Morgan fingerprint density at radius 2 is 2.05 bits per heavy atom. The molecule has 1 spiro atoms. The van der Waals surface area contributed by atoms with Crippen molar-refractivity contribution in [1.82, 2.24) is 4.90 Å². The van der Waals surface area contributed by atoms with Crippen molar-refractivity contribution in [2.75, 3.05) is 6.61 Å². The molecular weight excluding hydrogens is 262 g/mol. The number of hydrogen-bond acceptors (Lipinski definition) is 2. The number of carbonyl (C=O) groups excluding carboxylic acids is 1. The zero-order chi connectivity index (χ0) is 14.4. The predicted molar refractivity (Wildman–Crippen MR) is 80.5 cm³/mol. The first-order valence-electron chi connectivity index (χ1n) is 8.23. The summed E-state index contributed by atoms with van der Waals surface area (Å²) in [7, 11) is 0. The molecule has 0 unspecified atom stereocenters. The Kier molecular flexibility index (Phi) is 3.07. The third-order valence-corrected chi connectivity index (χ3v) is 5.79. The third-order valence-electron chi connectivity index (χ3n) is 5.79. The lowest BCUT2D eigenvalue weighted by atomic mass is 9.69. The summed E-state index contributed by atoms with van der Waals surface area (Å²) in [5, 5.41) is 0. The van der Waals surface area contributed by atoms with Crippen molar-refractivity contribution in [3.63, 3.8) is 0 Å². The number of carbonyl (C=O) groups is 1. The van der Waals surface area contributed by atoms with E-state index in [0.717, 1.165) is 12.8 Å². The normalized spacial score (nSPS) is 39.0. The molecule has 3 heteroatoms. The van der Waals surface area contributed by atoms with Crippen LogP contribution in [0.4, 0.5) is 0 Å². The van der Waals surface area contributed by atoms with E-state index in [9.17, 15) is 4.79 Å². The van der Waals surface area contributed by atoms with E-state index in [2.05, 4.69) is 36.1 Å². The summed E-state index contributed by atoms with van der Waals surface area (Å²) in [5.41, 5.74) is 0.898. The Labute approximate surface area is 126 Å². The van der Waals surface area contributed by atoms with E-state index in [0.29, 0.717) is 24.9 Å². The molecule has 0 radical (unpaired) electrons. The summed E-state index contributed by atoms with van der Waals surface area (Å²) < 4.78 is 6.36. The molecule has 112 valence electrons. The quantitative estimate of drug-likeness (QED) is 0.790. The van der Waals surface area contributed by atoms with E-state index in [-0.39, 0.29) is 17.7 Å². The lowest BCUT2D eigenvalue weighted by molar-refractivity contribution is -0.193. The maximum atomic E-state index is 12.7. The molecule has 3 aliphatic rings. The molecule has 0 N–H and O–H groups in total. The van der Waals surface area contributed by atoms with E-state index in [4.69, 9.17) is 4.74 Å². The van der Waals surface area contributed by atoms with Gasteiger partial charge in [0.2, 0.25) is 5.91 Å². The summed E-state index contributed by atoms with van der Waals surface area (Å²) in [6.07, 6.45) is 5.13. The van der Waals surface area contributed by atoms with Gasteiger partial charge < -0.3 is 9.64 Å². The lowest BCUT2D eigenvalue weighted by Gasteiger charge is -2.52. The van der Waals surface area contributed by atoms with Crippen molar-refractivity contribution in [3.8, 4) is 0 Å². The molecule has 1 aromatic rings. The van der Waals surface area contributed by atoms with Gasteiger partial charge in [0.1, 0.15) is 5.72 Å². The average molecular weight is 285 g/mol. The van der Waals surface area contributed by atoms with E-state index in [1.54, 1.807) is 0 Å². The van der Waals surface area contributed by atoms with Crippen LogP contribution in [0.2, 0.25) is 0 Å². The largest absolute Gasteiger partial charge is 0.353 e. The van der Waals surface area contributed by atoms with Gasteiger partial charge in [-0.3, -0.25) is 4.79 Å². The molecule has 1 saturated carbocycles. The number of benzene rings is 1. The van der Waals surface area contributed by atoms with E-state index >= 15 is 0 Å². The second-order valence-electron chi connectivity index (χ2n) is 6.86. The third kappa shape index (κ3) is 1.87. The number of rotatable bonds is 1. The average Bonchev–Trinajstić information content (AvgIpc) is 2.89. The summed E-state index contributed by atoms with van der Waals surface area (Å²) >= 11 is 0. The van der Waals surface area contributed by atoms with Gasteiger partial charge in [-0.1, -0.05) is 43.7 Å². The second-order valence-corrected chi connectivity index (χ2v) is 6.86. The van der Waals surface area contributed by atoms with Crippen molar-refractivity contribution >= 4 is 5.91 Å². The molecule has 3 fully saturated rings. The van der Waals surface area contributed by atoms with Gasteiger partial charge in [-0.2, -0.15) is 0 Å². The molecule has 2 heterocycles.